The van der Waals surface area contributed by atoms with E-state index in [2.05, 4.69) is 34.6 Å². The van der Waals surface area contributed by atoms with Gasteiger partial charge in [-0.05, 0) is 31.1 Å². The highest BCUT2D eigenvalue weighted by molar-refractivity contribution is 5.71. The van der Waals surface area contributed by atoms with Gasteiger partial charge in [0.15, 0.2) is 6.10 Å². The number of hydrogen-bond donors (Lipinski definition) is 0. The van der Waals surface area contributed by atoms with Gasteiger partial charge in [-0.2, -0.15) is 0 Å². The second-order valence-electron chi connectivity index (χ2n) is 23.0. The van der Waals surface area contributed by atoms with Gasteiger partial charge in [-0.1, -0.05) is 324 Å². The second-order valence-corrected chi connectivity index (χ2v) is 23.0. The Labute approximate surface area is 438 Å². The molecule has 0 N–H and O–H groups in total. The first-order chi connectivity index (χ1) is 34.2. The van der Waals surface area contributed by atoms with Gasteiger partial charge >= 0.3 is 17.9 Å². The fourth-order valence-corrected chi connectivity index (χ4v) is 9.93. The van der Waals surface area contributed by atoms with E-state index in [0.717, 1.165) is 69.6 Å². The monoisotopic (exact) mass is 989 g/mol. The summed E-state index contributed by atoms with van der Waals surface area (Å²) < 4.78 is 17.0. The molecule has 0 rings (SSSR count). The topological polar surface area (TPSA) is 78.9 Å². The van der Waals surface area contributed by atoms with Crippen molar-refractivity contribution in [2.75, 3.05) is 13.2 Å². The fourth-order valence-electron chi connectivity index (χ4n) is 9.93. The van der Waals surface area contributed by atoms with E-state index in [4.69, 9.17) is 14.2 Å². The van der Waals surface area contributed by atoms with Crippen molar-refractivity contribution in [2.24, 2.45) is 11.8 Å². The molecule has 0 saturated heterocycles. The van der Waals surface area contributed by atoms with Crippen LogP contribution in [0.3, 0.4) is 0 Å². The molecule has 0 aromatic heterocycles. The summed E-state index contributed by atoms with van der Waals surface area (Å²) in [5.74, 6) is 0.866. The summed E-state index contributed by atoms with van der Waals surface area (Å²) in [5.41, 5.74) is 0. The quantitative estimate of drug-likeness (QED) is 0.0343. The maximum absolute atomic E-state index is 12.9. The summed E-state index contributed by atoms with van der Waals surface area (Å²) in [6, 6.07) is 0. The summed E-state index contributed by atoms with van der Waals surface area (Å²) in [6.45, 7) is 11.5. The maximum Gasteiger partial charge on any atom is 0.306 e. The van der Waals surface area contributed by atoms with Crippen LogP contribution in [0.1, 0.15) is 362 Å². The van der Waals surface area contributed by atoms with Crippen LogP contribution in [0, 0.1) is 11.8 Å². The van der Waals surface area contributed by atoms with E-state index in [1.807, 2.05) is 0 Å². The van der Waals surface area contributed by atoms with Gasteiger partial charge in [0.1, 0.15) is 13.2 Å². The molecule has 0 aliphatic rings. The smallest absolute Gasteiger partial charge is 0.306 e. The molecule has 6 heteroatoms. The Kier molecular flexibility index (Phi) is 55.4. The Hall–Kier alpha value is -1.59. The van der Waals surface area contributed by atoms with Crippen LogP contribution >= 0.6 is 0 Å². The molecular weight excluding hydrogens is 865 g/mol. The molecule has 0 bridgehead atoms. The molecule has 0 fully saturated rings. The third kappa shape index (κ3) is 57.3. The lowest BCUT2D eigenvalue weighted by Gasteiger charge is -2.18. The largest absolute Gasteiger partial charge is 0.462 e. The average molecular weight is 990 g/mol. The summed E-state index contributed by atoms with van der Waals surface area (Å²) in [6.07, 6.45) is 62.4. The first kappa shape index (κ1) is 68.4. The van der Waals surface area contributed by atoms with Crippen LogP contribution in [-0.2, 0) is 28.6 Å². The molecule has 0 heterocycles. The Balaban J connectivity index is 4.27. The van der Waals surface area contributed by atoms with Crippen molar-refractivity contribution < 1.29 is 28.6 Å². The third-order valence-corrected chi connectivity index (χ3v) is 14.7. The molecule has 0 amide bonds. The molecule has 0 radical (unpaired) electrons. The van der Waals surface area contributed by atoms with Crippen LogP contribution in [-0.4, -0.2) is 37.2 Å². The number of carbonyl (C=O) groups is 3. The van der Waals surface area contributed by atoms with Gasteiger partial charge in [0.05, 0.1) is 0 Å². The Morgan fingerprint density at radius 3 is 0.700 bits per heavy atom. The highest BCUT2D eigenvalue weighted by Gasteiger charge is 2.19. The van der Waals surface area contributed by atoms with Crippen molar-refractivity contribution in [3.63, 3.8) is 0 Å². The molecule has 0 saturated carbocycles. The molecule has 416 valence electrons. The molecule has 6 nitrogen and oxygen atoms in total. The first-order valence-electron chi connectivity index (χ1n) is 31.7. The summed E-state index contributed by atoms with van der Waals surface area (Å²) >= 11 is 0. The van der Waals surface area contributed by atoms with Crippen LogP contribution in [0.4, 0.5) is 0 Å². The van der Waals surface area contributed by atoms with E-state index >= 15 is 0 Å². The van der Waals surface area contributed by atoms with Crippen LogP contribution < -0.4 is 0 Å². The van der Waals surface area contributed by atoms with Gasteiger partial charge in [-0.15, -0.1) is 0 Å². The molecule has 0 spiro atoms. The van der Waals surface area contributed by atoms with Crippen molar-refractivity contribution in [2.45, 2.75) is 368 Å². The lowest BCUT2D eigenvalue weighted by molar-refractivity contribution is -0.167. The summed E-state index contributed by atoms with van der Waals surface area (Å²) in [5, 5.41) is 0. The van der Waals surface area contributed by atoms with Crippen molar-refractivity contribution in [3.8, 4) is 0 Å². The number of hydrogen-bond acceptors (Lipinski definition) is 6. The highest BCUT2D eigenvalue weighted by atomic mass is 16.6. The number of unbranched alkanes of at least 4 members (excludes halogenated alkanes) is 43. The first-order valence-corrected chi connectivity index (χ1v) is 31.7. The maximum atomic E-state index is 12.9. The van der Waals surface area contributed by atoms with Crippen LogP contribution in [0.25, 0.3) is 0 Å². The molecule has 0 aromatic carbocycles. The van der Waals surface area contributed by atoms with Gasteiger partial charge < -0.3 is 14.2 Å². The fraction of sp³-hybridized carbons (Fsp3) is 0.953. The third-order valence-electron chi connectivity index (χ3n) is 14.7. The van der Waals surface area contributed by atoms with Gasteiger partial charge in [-0.25, -0.2) is 0 Å². The van der Waals surface area contributed by atoms with Crippen molar-refractivity contribution in [1.29, 1.82) is 0 Å². The molecule has 0 aliphatic heterocycles. The zero-order valence-corrected chi connectivity index (χ0v) is 48.2. The number of esters is 3. The SMILES string of the molecule is CCCCCCCCCCCCCCCCCC(=O)OC[C@@H](COC(=O)CCCCCCCCCCCCCCCC(C)C)OC(=O)CCCCCCCCCCCCCCCCCCCCC(C)C. The van der Waals surface area contributed by atoms with Crippen LogP contribution in [0.15, 0.2) is 0 Å². The molecule has 1 atom stereocenters. The molecule has 0 aliphatic carbocycles. The van der Waals surface area contributed by atoms with Crippen LogP contribution in [0.5, 0.6) is 0 Å². The molecule has 0 unspecified atom stereocenters. The number of carbonyl (C=O) groups excluding carboxylic acids is 3. The summed E-state index contributed by atoms with van der Waals surface area (Å²) in [4.78, 5) is 38.3. The Morgan fingerprint density at radius 2 is 0.471 bits per heavy atom. The zero-order chi connectivity index (χ0) is 51.1. The molecule has 70 heavy (non-hydrogen) atoms. The summed E-state index contributed by atoms with van der Waals surface area (Å²) in [7, 11) is 0. The van der Waals surface area contributed by atoms with E-state index in [1.165, 1.54) is 250 Å². The standard InChI is InChI=1S/C64H124O6/c1-6-7-8-9-10-11-12-13-18-24-29-34-39-44-49-54-62(65)68-57-61(58-69-63(66)55-50-45-40-35-30-26-21-23-28-33-38-43-48-53-60(4)5)70-64(67)56-51-46-41-36-31-25-20-17-15-14-16-19-22-27-32-37-42-47-52-59(2)3/h59-61H,6-58H2,1-5H3/t61-/m0/s1. The number of ether oxygens (including phenoxy) is 3. The minimum absolute atomic E-state index is 0.0618. The van der Waals surface area contributed by atoms with Crippen molar-refractivity contribution >= 4 is 17.9 Å². The lowest BCUT2D eigenvalue weighted by atomic mass is 10.0. The van der Waals surface area contributed by atoms with Gasteiger partial charge in [0.25, 0.3) is 0 Å². The van der Waals surface area contributed by atoms with Crippen LogP contribution in [0.2, 0.25) is 0 Å². The van der Waals surface area contributed by atoms with E-state index < -0.39 is 6.10 Å². The van der Waals surface area contributed by atoms with Crippen molar-refractivity contribution in [1.82, 2.24) is 0 Å². The minimum Gasteiger partial charge on any atom is -0.462 e. The minimum atomic E-state index is -0.763. The lowest BCUT2D eigenvalue weighted by Crippen LogP contribution is -2.30. The highest BCUT2D eigenvalue weighted by Crippen LogP contribution is 2.19. The van der Waals surface area contributed by atoms with Gasteiger partial charge in [0, 0.05) is 19.3 Å². The van der Waals surface area contributed by atoms with E-state index in [1.54, 1.807) is 0 Å². The molecule has 0 aromatic rings. The molecular formula is C64H124O6. The average Bonchev–Trinajstić information content (AvgIpc) is 3.33. The van der Waals surface area contributed by atoms with E-state index in [0.29, 0.717) is 19.3 Å². The number of rotatable bonds is 58. The van der Waals surface area contributed by atoms with Gasteiger partial charge in [0.2, 0.25) is 0 Å². The van der Waals surface area contributed by atoms with E-state index in [-0.39, 0.29) is 31.1 Å². The predicted octanol–water partition coefficient (Wildman–Crippen LogP) is 21.2. The Morgan fingerprint density at radius 1 is 0.271 bits per heavy atom. The van der Waals surface area contributed by atoms with Crippen molar-refractivity contribution in [3.05, 3.63) is 0 Å². The Bertz CT molecular complexity index is 1070. The van der Waals surface area contributed by atoms with E-state index in [9.17, 15) is 14.4 Å². The second kappa shape index (κ2) is 56.7. The normalized spacial score (nSPS) is 12.0. The predicted molar refractivity (Wildman–Crippen MR) is 303 cm³/mol. The zero-order valence-electron chi connectivity index (χ0n) is 48.2. The van der Waals surface area contributed by atoms with Gasteiger partial charge in [-0.3, -0.25) is 14.4 Å².